The Morgan fingerprint density at radius 2 is 2.07 bits per heavy atom. The topological polar surface area (TPSA) is 44.8 Å². The number of halogens is 1. The summed E-state index contributed by atoms with van der Waals surface area (Å²) in [5, 5.41) is -0.745. The van der Waals surface area contributed by atoms with Crippen LogP contribution in [0.25, 0.3) is 0 Å². The Morgan fingerprint density at radius 3 is 2.64 bits per heavy atom. The Morgan fingerprint density at radius 1 is 1.43 bits per heavy atom. The van der Waals surface area contributed by atoms with E-state index in [1.807, 2.05) is 0 Å². The molecule has 0 aromatic carbocycles. The molecular weight excluding hydrogens is 208 g/mol. The van der Waals surface area contributed by atoms with Crippen LogP contribution in [-0.4, -0.2) is 43.4 Å². The molecule has 0 amide bonds. The van der Waals surface area contributed by atoms with Gasteiger partial charge in [0.05, 0.1) is 0 Å². The van der Waals surface area contributed by atoms with Crippen molar-refractivity contribution in [2.45, 2.75) is 23.4 Å². The molecule has 0 aromatic heterocycles. The third-order valence-corrected chi connectivity index (χ3v) is 3.09. The maximum atomic E-state index is 11.9. The molecule has 2 heterocycles. The minimum atomic E-state index is -1.38. The number of hydrogen-bond acceptors (Lipinski definition) is 4. The lowest BCUT2D eigenvalue weighted by molar-refractivity contribution is -0.257. The van der Waals surface area contributed by atoms with Gasteiger partial charge in [0, 0.05) is 14.2 Å². The van der Waals surface area contributed by atoms with Crippen molar-refractivity contribution in [1.29, 1.82) is 0 Å². The van der Waals surface area contributed by atoms with Crippen LogP contribution in [0.5, 0.6) is 0 Å². The van der Waals surface area contributed by atoms with Crippen LogP contribution in [0.2, 0.25) is 0 Å². The summed E-state index contributed by atoms with van der Waals surface area (Å²) in [5.74, 6) is -1.66. The van der Waals surface area contributed by atoms with Crippen molar-refractivity contribution in [3.05, 3.63) is 12.2 Å². The van der Waals surface area contributed by atoms with Gasteiger partial charge in [-0.15, -0.1) is 11.6 Å². The lowest BCUT2D eigenvalue weighted by Crippen LogP contribution is -2.60. The number of hydrogen-bond donors (Lipinski definition) is 0. The predicted octanol–water partition coefficient (Wildman–Crippen LogP) is 0.489. The number of ether oxygens (including phenoxy) is 3. The molecule has 0 aliphatic carbocycles. The molecule has 4 nitrogen and oxygen atoms in total. The lowest BCUT2D eigenvalue weighted by atomic mass is 9.99. The summed E-state index contributed by atoms with van der Waals surface area (Å²) in [6.45, 7) is 0. The van der Waals surface area contributed by atoms with Gasteiger partial charge >= 0.3 is 0 Å². The van der Waals surface area contributed by atoms with Crippen molar-refractivity contribution in [2.24, 2.45) is 0 Å². The highest BCUT2D eigenvalue weighted by atomic mass is 35.5. The number of carbonyl (C=O) groups is 1. The average molecular weight is 219 g/mol. The van der Waals surface area contributed by atoms with Crippen molar-refractivity contribution in [3.63, 3.8) is 0 Å². The van der Waals surface area contributed by atoms with E-state index in [-0.39, 0.29) is 11.9 Å². The third kappa shape index (κ3) is 1.08. The molecule has 5 heteroatoms. The van der Waals surface area contributed by atoms with Crippen molar-refractivity contribution in [3.8, 4) is 0 Å². The zero-order chi connectivity index (χ0) is 10.3. The Bertz CT molecular complexity index is 285. The minimum Gasteiger partial charge on any atom is -0.359 e. The first-order valence-corrected chi connectivity index (χ1v) is 4.72. The second-order valence-electron chi connectivity index (χ2n) is 3.25. The summed E-state index contributed by atoms with van der Waals surface area (Å²) in [6.07, 6.45) is 2.66. The van der Waals surface area contributed by atoms with Crippen LogP contribution in [0.4, 0.5) is 0 Å². The van der Waals surface area contributed by atoms with E-state index in [1.54, 1.807) is 12.2 Å². The summed E-state index contributed by atoms with van der Waals surface area (Å²) >= 11 is 5.92. The van der Waals surface area contributed by atoms with Crippen LogP contribution < -0.4 is 0 Å². The standard InChI is InChI=1S/C9H11ClO4/c1-12-9(13-2)6-4-3-5(14-6)7(10)8(9)11/h3-7H,1-2H3/t5-,6+,7+/m0/s1. The van der Waals surface area contributed by atoms with Gasteiger partial charge in [-0.1, -0.05) is 12.2 Å². The quantitative estimate of drug-likeness (QED) is 0.385. The fraction of sp³-hybridized carbons (Fsp3) is 0.667. The molecule has 0 aromatic rings. The molecule has 1 fully saturated rings. The molecule has 14 heavy (non-hydrogen) atoms. The van der Waals surface area contributed by atoms with Gasteiger partial charge in [-0.2, -0.15) is 0 Å². The largest absolute Gasteiger partial charge is 0.359 e. The number of alkyl halides is 1. The zero-order valence-electron chi connectivity index (χ0n) is 7.90. The van der Waals surface area contributed by atoms with Crippen LogP contribution >= 0.6 is 11.6 Å². The molecular formula is C9H11ClO4. The van der Waals surface area contributed by atoms with Crippen molar-refractivity contribution in [1.82, 2.24) is 0 Å². The highest BCUT2D eigenvalue weighted by molar-refractivity contribution is 6.33. The summed E-state index contributed by atoms with van der Waals surface area (Å²) in [6, 6.07) is 0. The molecule has 2 bridgehead atoms. The lowest BCUT2D eigenvalue weighted by Gasteiger charge is -2.39. The van der Waals surface area contributed by atoms with Crippen LogP contribution in [0.3, 0.4) is 0 Å². The average Bonchev–Trinajstić information content (AvgIpc) is 2.65. The molecule has 78 valence electrons. The van der Waals surface area contributed by atoms with Gasteiger partial charge in [-0.05, 0) is 0 Å². The highest BCUT2D eigenvalue weighted by Crippen LogP contribution is 2.37. The normalized spacial score (nSPS) is 39.1. The van der Waals surface area contributed by atoms with Gasteiger partial charge in [0.15, 0.2) is 0 Å². The van der Waals surface area contributed by atoms with E-state index in [1.165, 1.54) is 14.2 Å². The summed E-state index contributed by atoms with van der Waals surface area (Å²) in [7, 11) is 2.81. The monoisotopic (exact) mass is 218 g/mol. The number of ketones is 1. The fourth-order valence-corrected chi connectivity index (χ4v) is 2.15. The molecule has 2 aliphatic rings. The third-order valence-electron chi connectivity index (χ3n) is 2.64. The minimum absolute atomic E-state index is 0.282. The Labute approximate surface area is 86.8 Å². The van der Waals surface area contributed by atoms with Gasteiger partial charge in [0.1, 0.15) is 17.6 Å². The Kier molecular flexibility index (Phi) is 2.39. The van der Waals surface area contributed by atoms with Gasteiger partial charge in [0.25, 0.3) is 5.79 Å². The van der Waals surface area contributed by atoms with Crippen molar-refractivity contribution in [2.75, 3.05) is 14.2 Å². The smallest absolute Gasteiger partial charge is 0.261 e. The van der Waals surface area contributed by atoms with Gasteiger partial charge < -0.3 is 14.2 Å². The second-order valence-corrected chi connectivity index (χ2v) is 3.72. The van der Waals surface area contributed by atoms with Gasteiger partial charge in [-0.25, -0.2) is 0 Å². The molecule has 2 rings (SSSR count). The number of carbonyl (C=O) groups excluding carboxylic acids is 1. The fourth-order valence-electron chi connectivity index (χ4n) is 1.85. The second kappa shape index (κ2) is 3.31. The van der Waals surface area contributed by atoms with Crippen molar-refractivity contribution >= 4 is 17.4 Å². The van der Waals surface area contributed by atoms with E-state index in [0.29, 0.717) is 0 Å². The summed E-state index contributed by atoms with van der Waals surface area (Å²) < 4.78 is 15.7. The number of rotatable bonds is 2. The molecule has 2 aliphatic heterocycles. The van der Waals surface area contributed by atoms with E-state index in [9.17, 15) is 4.79 Å². The highest BCUT2D eigenvalue weighted by Gasteiger charge is 2.57. The Hall–Kier alpha value is -0.420. The number of methoxy groups -OCH3 is 2. The molecule has 0 spiro atoms. The van der Waals surface area contributed by atoms with Gasteiger partial charge in [-0.3, -0.25) is 4.79 Å². The Balaban J connectivity index is 2.39. The summed E-state index contributed by atoms with van der Waals surface area (Å²) in [5.41, 5.74) is 0. The molecule has 0 radical (unpaired) electrons. The van der Waals surface area contributed by atoms with E-state index in [2.05, 4.69) is 0 Å². The van der Waals surface area contributed by atoms with Crippen LogP contribution in [0.15, 0.2) is 12.2 Å². The van der Waals surface area contributed by atoms with E-state index in [4.69, 9.17) is 25.8 Å². The predicted molar refractivity (Wildman–Crippen MR) is 49.2 cm³/mol. The van der Waals surface area contributed by atoms with E-state index >= 15 is 0 Å². The number of fused-ring (bicyclic) bond motifs is 2. The summed E-state index contributed by atoms with van der Waals surface area (Å²) in [4.78, 5) is 11.9. The molecule has 0 saturated carbocycles. The first kappa shape index (κ1) is 10.1. The van der Waals surface area contributed by atoms with Crippen LogP contribution in [-0.2, 0) is 19.0 Å². The molecule has 0 N–H and O–H groups in total. The molecule has 0 unspecified atom stereocenters. The van der Waals surface area contributed by atoms with Crippen molar-refractivity contribution < 1.29 is 19.0 Å². The zero-order valence-corrected chi connectivity index (χ0v) is 8.65. The molecule has 3 atom stereocenters. The van der Waals surface area contributed by atoms with Crippen LogP contribution in [0.1, 0.15) is 0 Å². The van der Waals surface area contributed by atoms with E-state index in [0.717, 1.165) is 0 Å². The van der Waals surface area contributed by atoms with E-state index < -0.39 is 17.3 Å². The SMILES string of the molecule is COC1(OC)C(=O)[C@H](Cl)[C@@H]2C=C[C@H]1O2. The first-order valence-electron chi connectivity index (χ1n) is 4.28. The maximum absolute atomic E-state index is 11.9. The number of Topliss-reactive ketones (excluding diaryl/α,β-unsaturated/α-hetero) is 1. The first-order chi connectivity index (χ1) is 6.65. The van der Waals surface area contributed by atoms with Gasteiger partial charge in [0.2, 0.25) is 5.78 Å². The molecule has 1 saturated heterocycles. The van der Waals surface area contributed by atoms with Crippen LogP contribution in [0, 0.1) is 0 Å². The maximum Gasteiger partial charge on any atom is 0.261 e.